The first kappa shape index (κ1) is 17.0. The molecule has 1 aromatic rings. The van der Waals surface area contributed by atoms with Crippen molar-refractivity contribution < 1.29 is 27.9 Å². The zero-order valence-electron chi connectivity index (χ0n) is 11.9. The highest BCUT2D eigenvalue weighted by Crippen LogP contribution is 2.30. The summed E-state index contributed by atoms with van der Waals surface area (Å²) in [5, 5.41) is 9.15. The number of carboxylic acids is 1. The molecule has 0 aliphatic carbocycles. The minimum absolute atomic E-state index is 0.0639. The number of aliphatic carboxylic acids is 1. The number of carboxylic acid groups (broad SMARTS) is 1. The number of rotatable bonds is 4. The molecule has 4 nitrogen and oxygen atoms in total. The maximum atomic E-state index is 12.7. The monoisotopic (exact) mass is 303 g/mol. The van der Waals surface area contributed by atoms with Gasteiger partial charge in [0.25, 0.3) is 5.91 Å². The zero-order chi connectivity index (χ0) is 16.4. The van der Waals surface area contributed by atoms with Crippen LogP contribution in [0.5, 0.6) is 0 Å². The Hall–Kier alpha value is -2.05. The maximum absolute atomic E-state index is 12.7. The largest absolute Gasteiger partial charge is 0.480 e. The van der Waals surface area contributed by atoms with Gasteiger partial charge in [-0.05, 0) is 39.0 Å². The fourth-order valence-electron chi connectivity index (χ4n) is 1.89. The number of hydrogen-bond donors (Lipinski definition) is 1. The van der Waals surface area contributed by atoms with E-state index in [0.717, 1.165) is 23.1 Å². The summed E-state index contributed by atoms with van der Waals surface area (Å²) >= 11 is 0. The lowest BCUT2D eigenvalue weighted by Gasteiger charge is -2.34. The standard InChI is InChI=1S/C14H16F3NO3/c1-4-18(13(2,3)12(20)21)11(19)9-6-5-7-10(8-9)14(15,16)17/h5-8H,4H2,1-3H3,(H,20,21). The molecule has 0 saturated heterocycles. The van der Waals surface area contributed by atoms with Gasteiger partial charge in [-0.2, -0.15) is 13.2 Å². The molecule has 0 aromatic heterocycles. The molecule has 7 heteroatoms. The molecule has 0 atom stereocenters. The summed E-state index contributed by atoms with van der Waals surface area (Å²) in [6.45, 7) is 4.28. The first-order chi connectivity index (χ1) is 9.51. The highest BCUT2D eigenvalue weighted by atomic mass is 19.4. The molecule has 0 unspecified atom stereocenters. The van der Waals surface area contributed by atoms with E-state index >= 15 is 0 Å². The van der Waals surface area contributed by atoms with Crippen molar-refractivity contribution in [2.24, 2.45) is 0 Å². The van der Waals surface area contributed by atoms with E-state index in [4.69, 9.17) is 5.11 Å². The van der Waals surface area contributed by atoms with Gasteiger partial charge >= 0.3 is 12.1 Å². The smallest absolute Gasteiger partial charge is 0.416 e. The quantitative estimate of drug-likeness (QED) is 0.930. The molecule has 0 spiro atoms. The summed E-state index contributed by atoms with van der Waals surface area (Å²) in [4.78, 5) is 24.5. The lowest BCUT2D eigenvalue weighted by atomic mass is 10.0. The van der Waals surface area contributed by atoms with Crippen molar-refractivity contribution in [2.75, 3.05) is 6.54 Å². The topological polar surface area (TPSA) is 57.6 Å². The van der Waals surface area contributed by atoms with Crippen LogP contribution in [0.4, 0.5) is 13.2 Å². The molecule has 0 aliphatic rings. The van der Waals surface area contributed by atoms with Gasteiger partial charge in [0.1, 0.15) is 5.54 Å². The van der Waals surface area contributed by atoms with Crippen molar-refractivity contribution in [3.05, 3.63) is 35.4 Å². The highest BCUT2D eigenvalue weighted by Gasteiger charge is 2.38. The third-order valence-electron chi connectivity index (χ3n) is 3.20. The van der Waals surface area contributed by atoms with Crippen LogP contribution >= 0.6 is 0 Å². The summed E-state index contributed by atoms with van der Waals surface area (Å²) in [6, 6.07) is 3.94. The van der Waals surface area contributed by atoms with Gasteiger partial charge in [0.2, 0.25) is 0 Å². The number of carbonyl (C=O) groups excluding carboxylic acids is 1. The lowest BCUT2D eigenvalue weighted by Crippen LogP contribution is -2.52. The van der Waals surface area contributed by atoms with E-state index in [2.05, 4.69) is 0 Å². The number of benzene rings is 1. The van der Waals surface area contributed by atoms with Gasteiger partial charge in [-0.25, -0.2) is 4.79 Å². The van der Waals surface area contributed by atoms with Gasteiger partial charge in [-0.3, -0.25) is 4.79 Å². The van der Waals surface area contributed by atoms with Crippen LogP contribution in [0.1, 0.15) is 36.7 Å². The first-order valence-corrected chi connectivity index (χ1v) is 6.24. The second-order valence-corrected chi connectivity index (χ2v) is 4.99. The molecular weight excluding hydrogens is 287 g/mol. The maximum Gasteiger partial charge on any atom is 0.416 e. The van der Waals surface area contributed by atoms with Crippen LogP contribution in [0.3, 0.4) is 0 Å². The van der Waals surface area contributed by atoms with Crippen LogP contribution in [0.15, 0.2) is 24.3 Å². The fraction of sp³-hybridized carbons (Fsp3) is 0.429. The average Bonchev–Trinajstić information content (AvgIpc) is 2.38. The number of halogens is 3. The third-order valence-corrected chi connectivity index (χ3v) is 3.20. The van der Waals surface area contributed by atoms with Crippen LogP contribution in [-0.2, 0) is 11.0 Å². The van der Waals surface area contributed by atoms with E-state index in [1.54, 1.807) is 6.92 Å². The number of amides is 1. The predicted molar refractivity (Wildman–Crippen MR) is 69.9 cm³/mol. The van der Waals surface area contributed by atoms with Crippen molar-refractivity contribution in [3.63, 3.8) is 0 Å². The average molecular weight is 303 g/mol. The van der Waals surface area contributed by atoms with Crippen LogP contribution in [0, 0.1) is 0 Å². The van der Waals surface area contributed by atoms with Crippen LogP contribution in [0.25, 0.3) is 0 Å². The van der Waals surface area contributed by atoms with Crippen molar-refractivity contribution in [3.8, 4) is 0 Å². The normalized spacial score (nSPS) is 12.1. The van der Waals surface area contributed by atoms with Crippen molar-refractivity contribution in [2.45, 2.75) is 32.5 Å². The molecule has 0 aliphatic heterocycles. The molecular formula is C14H16F3NO3. The van der Waals surface area contributed by atoms with Gasteiger partial charge in [0.05, 0.1) is 5.56 Å². The van der Waals surface area contributed by atoms with Gasteiger partial charge in [0.15, 0.2) is 0 Å². The number of likely N-dealkylation sites (N-methyl/N-ethyl adjacent to an activating group) is 1. The number of carbonyl (C=O) groups is 2. The molecule has 21 heavy (non-hydrogen) atoms. The van der Waals surface area contributed by atoms with Crippen LogP contribution in [0.2, 0.25) is 0 Å². The zero-order valence-corrected chi connectivity index (χ0v) is 11.9. The van der Waals surface area contributed by atoms with Gasteiger partial charge in [-0.15, -0.1) is 0 Å². The summed E-state index contributed by atoms with van der Waals surface area (Å²) < 4.78 is 38.0. The molecule has 0 fully saturated rings. The highest BCUT2D eigenvalue weighted by molar-refractivity contribution is 5.97. The molecule has 0 bridgehead atoms. The summed E-state index contributed by atoms with van der Waals surface area (Å²) in [7, 11) is 0. The minimum atomic E-state index is -4.56. The van der Waals surface area contributed by atoms with Gasteiger partial charge in [0, 0.05) is 12.1 Å². The Kier molecular flexibility index (Phi) is 4.65. The molecule has 1 amide bonds. The Bertz CT molecular complexity index is 553. The number of hydrogen-bond acceptors (Lipinski definition) is 2. The summed E-state index contributed by atoms with van der Waals surface area (Å²) in [5.41, 5.74) is -2.65. The Morgan fingerprint density at radius 3 is 2.24 bits per heavy atom. The third kappa shape index (κ3) is 3.53. The van der Waals surface area contributed by atoms with E-state index in [0.29, 0.717) is 0 Å². The number of alkyl halides is 3. The van der Waals surface area contributed by atoms with E-state index in [9.17, 15) is 22.8 Å². The predicted octanol–water partition coefficient (Wildman–Crippen LogP) is 3.03. The van der Waals surface area contributed by atoms with Gasteiger partial charge < -0.3 is 10.0 Å². The number of nitrogens with zero attached hydrogens (tertiary/aromatic N) is 1. The molecule has 0 heterocycles. The fourth-order valence-corrected chi connectivity index (χ4v) is 1.89. The Morgan fingerprint density at radius 2 is 1.81 bits per heavy atom. The second kappa shape index (κ2) is 5.75. The van der Waals surface area contributed by atoms with E-state index in [-0.39, 0.29) is 12.1 Å². The Balaban J connectivity index is 3.21. The second-order valence-electron chi connectivity index (χ2n) is 4.99. The molecule has 116 valence electrons. The van der Waals surface area contributed by atoms with Crippen LogP contribution in [-0.4, -0.2) is 34.0 Å². The van der Waals surface area contributed by atoms with Crippen LogP contribution < -0.4 is 0 Å². The van der Waals surface area contributed by atoms with Crippen molar-refractivity contribution in [1.82, 2.24) is 4.90 Å². The lowest BCUT2D eigenvalue weighted by molar-refractivity contribution is -0.147. The molecule has 0 saturated carbocycles. The van der Waals surface area contributed by atoms with E-state index in [1.807, 2.05) is 0 Å². The molecule has 0 radical (unpaired) electrons. The summed E-state index contributed by atoms with van der Waals surface area (Å²) in [6.07, 6.45) is -4.56. The Morgan fingerprint density at radius 1 is 1.24 bits per heavy atom. The SMILES string of the molecule is CCN(C(=O)c1cccc(C(F)(F)F)c1)C(C)(C)C(=O)O. The molecule has 1 rings (SSSR count). The van der Waals surface area contributed by atoms with Crippen molar-refractivity contribution >= 4 is 11.9 Å². The molecule has 1 N–H and O–H groups in total. The minimum Gasteiger partial charge on any atom is -0.480 e. The van der Waals surface area contributed by atoms with E-state index < -0.39 is 29.2 Å². The van der Waals surface area contributed by atoms with E-state index in [1.165, 1.54) is 19.9 Å². The van der Waals surface area contributed by atoms with Crippen molar-refractivity contribution in [1.29, 1.82) is 0 Å². The molecule has 1 aromatic carbocycles. The first-order valence-electron chi connectivity index (χ1n) is 6.24. The van der Waals surface area contributed by atoms with Gasteiger partial charge in [-0.1, -0.05) is 6.07 Å². The summed E-state index contributed by atoms with van der Waals surface area (Å²) in [5.74, 6) is -1.99. The Labute approximate surface area is 120 Å².